The van der Waals surface area contributed by atoms with Crippen LogP contribution in [0, 0.1) is 0 Å². The van der Waals surface area contributed by atoms with Gasteiger partial charge in [-0.1, -0.05) is 45.4 Å². The van der Waals surface area contributed by atoms with E-state index in [1.807, 2.05) is 7.05 Å². The Labute approximate surface area is 294 Å². The van der Waals surface area contributed by atoms with Crippen molar-refractivity contribution in [2.75, 3.05) is 40.5 Å². The maximum absolute atomic E-state index is 9.59. The van der Waals surface area contributed by atoms with Crippen LogP contribution in [0.25, 0.3) is 0 Å². The number of hydroxylamine groups is 4. The van der Waals surface area contributed by atoms with Crippen molar-refractivity contribution in [3.63, 3.8) is 0 Å². The van der Waals surface area contributed by atoms with Crippen molar-refractivity contribution >= 4 is 11.9 Å². The molecule has 0 unspecified atom stereocenters. The number of rotatable bonds is 14. The average Bonchev–Trinajstić information content (AvgIpc) is 3.02. The van der Waals surface area contributed by atoms with E-state index in [2.05, 4.69) is 94.6 Å². The molecule has 3 rings (SSSR count). The van der Waals surface area contributed by atoms with Crippen LogP contribution in [0.15, 0.2) is 9.98 Å². The normalized spacial score (nSPS) is 22.9. The van der Waals surface area contributed by atoms with Crippen molar-refractivity contribution in [3.05, 3.63) is 0 Å². The van der Waals surface area contributed by atoms with Gasteiger partial charge in [0.2, 0.25) is 5.96 Å². The van der Waals surface area contributed by atoms with Crippen LogP contribution in [-0.4, -0.2) is 118 Å². The molecular weight excluding hydrogens is 604 g/mol. The highest BCUT2D eigenvalue weighted by molar-refractivity contribution is 5.94. The molecule has 0 radical (unpaired) electrons. The van der Waals surface area contributed by atoms with E-state index < -0.39 is 0 Å². The number of likely N-dealkylation sites (N-methyl/N-ethyl adjacent to an activating group) is 1. The zero-order valence-electron chi connectivity index (χ0n) is 32.8. The minimum absolute atomic E-state index is 0.0193. The number of aliphatic hydroxyl groups is 1. The first-order chi connectivity index (χ1) is 22.4. The fourth-order valence-electron chi connectivity index (χ4n) is 8.29. The van der Waals surface area contributed by atoms with E-state index in [1.54, 1.807) is 0 Å². The van der Waals surface area contributed by atoms with Gasteiger partial charge in [0.25, 0.3) is 0 Å². The summed E-state index contributed by atoms with van der Waals surface area (Å²) in [5.41, 5.74) is 6.00. The Bertz CT molecular complexity index is 1020. The van der Waals surface area contributed by atoms with E-state index in [0.717, 1.165) is 51.5 Å². The van der Waals surface area contributed by atoms with Crippen molar-refractivity contribution in [2.24, 2.45) is 15.7 Å². The number of piperidine rings is 1. The number of hydrogen-bond acceptors (Lipinski definition) is 7. The second-order valence-electron chi connectivity index (χ2n) is 17.4. The lowest BCUT2D eigenvalue weighted by molar-refractivity contribution is -0.312. The van der Waals surface area contributed by atoms with Crippen LogP contribution in [0.4, 0.5) is 0 Å². The Kier molecular flexibility index (Phi) is 15.0. The summed E-state index contributed by atoms with van der Waals surface area (Å²) in [6, 6.07) is 0.185. The molecule has 0 atom stereocenters. The quantitative estimate of drug-likeness (QED) is 0.118. The second kappa shape index (κ2) is 17.6. The van der Waals surface area contributed by atoms with Gasteiger partial charge < -0.3 is 21.1 Å². The van der Waals surface area contributed by atoms with Crippen LogP contribution >= 0.6 is 0 Å². The molecule has 4 N–H and O–H groups in total. The smallest absolute Gasteiger partial charge is 0.222 e. The fourth-order valence-corrected chi connectivity index (χ4v) is 8.29. The highest BCUT2D eigenvalue weighted by Crippen LogP contribution is 2.42. The van der Waals surface area contributed by atoms with Gasteiger partial charge in [-0.15, -0.1) is 0 Å². The Morgan fingerprint density at radius 1 is 0.896 bits per heavy atom. The molecule has 0 bridgehead atoms. The summed E-state index contributed by atoms with van der Waals surface area (Å²) >= 11 is 0. The molecule has 11 heteroatoms. The lowest BCUT2D eigenvalue weighted by atomic mass is 9.78. The van der Waals surface area contributed by atoms with Gasteiger partial charge in [0.1, 0.15) is 0 Å². The molecule has 1 aliphatic heterocycles. The van der Waals surface area contributed by atoms with Crippen LogP contribution in [0.5, 0.6) is 0 Å². The third-order valence-corrected chi connectivity index (χ3v) is 10.8. The third kappa shape index (κ3) is 11.5. The van der Waals surface area contributed by atoms with Gasteiger partial charge in [0.15, 0.2) is 5.96 Å². The first-order valence-corrected chi connectivity index (χ1v) is 19.0. The Balaban J connectivity index is 1.70. The third-order valence-electron chi connectivity index (χ3n) is 10.8. The Hall–Kier alpha value is -1.50. The molecule has 2 aliphatic carbocycles. The van der Waals surface area contributed by atoms with Crippen LogP contribution in [-0.2, 0) is 9.68 Å². The Morgan fingerprint density at radius 3 is 1.96 bits per heavy atom. The molecule has 3 fully saturated rings. The topological polar surface area (TPSA) is 114 Å². The monoisotopic (exact) mass is 679 g/mol. The number of hydrogen-bond donors (Lipinski definition) is 3. The maximum atomic E-state index is 9.59. The predicted octanol–water partition coefficient (Wildman–Crippen LogP) is 5.88. The molecule has 0 spiro atoms. The van der Waals surface area contributed by atoms with E-state index in [4.69, 9.17) is 25.4 Å². The SMILES string of the molecule is CCC(C)(C)N(OC1CCCCC1)C(C)(C)CN(C)C/N=C(\N=C(/N)N(C)C1CC(C)(C)N(OC2CCCCC2)C(C)(C)C1)NCCO. The molecule has 11 nitrogen and oxygen atoms in total. The number of nitrogens with two attached hydrogens (primary N) is 1. The molecule has 1 saturated heterocycles. The van der Waals surface area contributed by atoms with Crippen molar-refractivity contribution in [1.82, 2.24) is 25.2 Å². The summed E-state index contributed by atoms with van der Waals surface area (Å²) in [5.74, 6) is 0.844. The summed E-state index contributed by atoms with van der Waals surface area (Å²) in [7, 11) is 4.11. The highest BCUT2D eigenvalue weighted by Gasteiger charge is 2.49. The van der Waals surface area contributed by atoms with Gasteiger partial charge in [-0.05, 0) is 107 Å². The fraction of sp³-hybridized carbons (Fsp3) is 0.946. The van der Waals surface area contributed by atoms with E-state index in [0.29, 0.717) is 31.2 Å². The largest absolute Gasteiger partial charge is 0.395 e. The summed E-state index contributed by atoms with van der Waals surface area (Å²) in [6.07, 6.45) is 15.5. The molecule has 280 valence electrons. The molecule has 0 amide bonds. The van der Waals surface area contributed by atoms with Crippen LogP contribution < -0.4 is 11.1 Å². The summed E-state index contributed by atoms with van der Waals surface area (Å²) < 4.78 is 0. The van der Waals surface area contributed by atoms with E-state index in [1.165, 1.54) is 38.5 Å². The van der Waals surface area contributed by atoms with Crippen LogP contribution in [0.3, 0.4) is 0 Å². The lowest BCUT2D eigenvalue weighted by Gasteiger charge is -2.56. The minimum Gasteiger partial charge on any atom is -0.395 e. The van der Waals surface area contributed by atoms with Crippen molar-refractivity contribution in [1.29, 1.82) is 0 Å². The predicted molar refractivity (Wildman–Crippen MR) is 199 cm³/mol. The first-order valence-electron chi connectivity index (χ1n) is 19.0. The number of nitrogens with one attached hydrogen (secondary N) is 1. The summed E-state index contributed by atoms with van der Waals surface area (Å²) in [6.45, 7) is 21.9. The van der Waals surface area contributed by atoms with E-state index in [9.17, 15) is 5.11 Å². The van der Waals surface area contributed by atoms with Crippen molar-refractivity contribution in [3.8, 4) is 0 Å². The molecule has 0 aromatic heterocycles. The Morgan fingerprint density at radius 2 is 1.44 bits per heavy atom. The lowest BCUT2D eigenvalue weighted by Crippen LogP contribution is -2.65. The molecule has 2 saturated carbocycles. The molecular formula is C37H74N8O3. The van der Waals surface area contributed by atoms with Crippen LogP contribution in [0.2, 0.25) is 0 Å². The first kappa shape index (κ1) is 40.9. The van der Waals surface area contributed by atoms with Crippen molar-refractivity contribution < 1.29 is 14.8 Å². The molecule has 0 aromatic carbocycles. The maximum Gasteiger partial charge on any atom is 0.222 e. The van der Waals surface area contributed by atoms with Gasteiger partial charge in [-0.25, -0.2) is 4.99 Å². The van der Waals surface area contributed by atoms with Gasteiger partial charge in [-0.3, -0.25) is 14.6 Å². The number of aliphatic hydroxyl groups excluding tert-OH is 1. The summed E-state index contributed by atoms with van der Waals surface area (Å²) in [5, 5.41) is 17.3. The zero-order valence-corrected chi connectivity index (χ0v) is 32.8. The molecule has 48 heavy (non-hydrogen) atoms. The average molecular weight is 679 g/mol. The highest BCUT2D eigenvalue weighted by atomic mass is 16.7. The zero-order chi connectivity index (χ0) is 35.8. The molecule has 0 aromatic rings. The molecule has 3 aliphatic rings. The standard InChI is InChI=1S/C37H74N8O3/c1-12-34(2,3)44(47-30-19-15-13-16-20-30)37(8,9)27-42(10)28-40-33(39-23-24-46)41-32(38)43(11)29-25-35(4,5)45(36(6,7)26-29)48-31-21-17-14-18-22-31/h29-31,46H,12-28H2,1-11H3,(H3,38,39,40,41). The van der Waals surface area contributed by atoms with Gasteiger partial charge in [0, 0.05) is 42.8 Å². The van der Waals surface area contributed by atoms with E-state index >= 15 is 0 Å². The van der Waals surface area contributed by atoms with Gasteiger partial charge in [0.05, 0.1) is 31.0 Å². The van der Waals surface area contributed by atoms with Crippen molar-refractivity contribution in [2.45, 2.75) is 186 Å². The number of aliphatic imine (C=N–C) groups is 2. The van der Waals surface area contributed by atoms with Crippen LogP contribution in [0.1, 0.15) is 146 Å². The van der Waals surface area contributed by atoms with Gasteiger partial charge >= 0.3 is 0 Å². The second-order valence-corrected chi connectivity index (χ2v) is 17.4. The van der Waals surface area contributed by atoms with Gasteiger partial charge in [-0.2, -0.15) is 15.1 Å². The molecule has 1 heterocycles. The minimum atomic E-state index is -0.252. The number of guanidine groups is 2. The number of nitrogens with zero attached hydrogens (tertiary/aromatic N) is 6. The summed E-state index contributed by atoms with van der Waals surface area (Å²) in [4.78, 5) is 27.4. The van der Waals surface area contributed by atoms with E-state index in [-0.39, 0.29) is 40.9 Å².